The number of carbonyl (C=O) groups excluding carboxylic acids is 1. The van der Waals surface area contributed by atoms with Gasteiger partial charge in [-0.2, -0.15) is 0 Å². The Morgan fingerprint density at radius 2 is 2.07 bits per heavy atom. The van der Waals surface area contributed by atoms with Gasteiger partial charge in [0.2, 0.25) is 0 Å². The highest BCUT2D eigenvalue weighted by molar-refractivity contribution is 7.14. The third kappa shape index (κ3) is 3.93. The van der Waals surface area contributed by atoms with E-state index in [1.165, 1.54) is 30.7 Å². The fourth-order valence-electron chi connectivity index (χ4n) is 4.22. The third-order valence-corrected chi connectivity index (χ3v) is 6.89. The zero-order valence-corrected chi connectivity index (χ0v) is 18.0. The minimum atomic E-state index is -0.262. The summed E-state index contributed by atoms with van der Waals surface area (Å²) in [6, 6.07) is 12.0. The minimum absolute atomic E-state index is 0.262. The van der Waals surface area contributed by atoms with Gasteiger partial charge in [-0.1, -0.05) is 29.8 Å². The van der Waals surface area contributed by atoms with Crippen LogP contribution < -0.4 is 10.2 Å². The number of anilines is 2. The molecule has 2 aromatic heterocycles. The standard InChI is InChI=1S/C22H22ClN5OS/c23-18-6-2-1-5-17(18)20-14-30-22(25-20)26-21(29)19-8-7-15(12-24-19)28-11-10-27-9-3-4-16(27)13-28/h1-2,5-8,12,14,16H,3-4,9-11,13H2,(H,25,26,29). The first-order chi connectivity index (χ1) is 14.7. The van der Waals surface area contributed by atoms with E-state index in [-0.39, 0.29) is 5.91 Å². The van der Waals surface area contributed by atoms with Crippen molar-refractivity contribution in [3.63, 3.8) is 0 Å². The smallest absolute Gasteiger partial charge is 0.276 e. The highest BCUT2D eigenvalue weighted by Crippen LogP contribution is 2.30. The van der Waals surface area contributed by atoms with Gasteiger partial charge in [0.25, 0.3) is 5.91 Å². The van der Waals surface area contributed by atoms with Gasteiger partial charge in [-0.3, -0.25) is 15.0 Å². The molecule has 2 aliphatic rings. The lowest BCUT2D eigenvalue weighted by Crippen LogP contribution is -2.50. The average molecular weight is 440 g/mol. The first kappa shape index (κ1) is 19.5. The van der Waals surface area contributed by atoms with E-state index >= 15 is 0 Å². The predicted molar refractivity (Wildman–Crippen MR) is 122 cm³/mol. The van der Waals surface area contributed by atoms with Crippen LogP contribution in [0.2, 0.25) is 5.02 Å². The Morgan fingerprint density at radius 1 is 1.17 bits per heavy atom. The van der Waals surface area contributed by atoms with Gasteiger partial charge in [0, 0.05) is 41.6 Å². The number of fused-ring (bicyclic) bond motifs is 1. The van der Waals surface area contributed by atoms with Crippen molar-refractivity contribution < 1.29 is 4.79 Å². The molecule has 2 fully saturated rings. The molecule has 2 saturated heterocycles. The number of hydrogen-bond donors (Lipinski definition) is 1. The van der Waals surface area contributed by atoms with E-state index in [4.69, 9.17) is 11.6 Å². The van der Waals surface area contributed by atoms with Crippen LogP contribution in [0.5, 0.6) is 0 Å². The van der Waals surface area contributed by atoms with Crippen LogP contribution in [0.3, 0.4) is 0 Å². The number of amides is 1. The lowest BCUT2D eigenvalue weighted by molar-refractivity contribution is 0.102. The van der Waals surface area contributed by atoms with Crippen molar-refractivity contribution >= 4 is 39.7 Å². The summed E-state index contributed by atoms with van der Waals surface area (Å²) in [5, 5.41) is 5.89. The van der Waals surface area contributed by atoms with Crippen molar-refractivity contribution in [2.24, 2.45) is 0 Å². The van der Waals surface area contributed by atoms with Gasteiger partial charge < -0.3 is 4.90 Å². The van der Waals surface area contributed by atoms with Crippen LogP contribution in [0.15, 0.2) is 48.0 Å². The van der Waals surface area contributed by atoms with Crippen molar-refractivity contribution in [3.05, 3.63) is 58.7 Å². The summed E-state index contributed by atoms with van der Waals surface area (Å²) in [4.78, 5) is 26.5. The van der Waals surface area contributed by atoms with Crippen molar-refractivity contribution in [2.45, 2.75) is 18.9 Å². The molecule has 4 heterocycles. The largest absolute Gasteiger partial charge is 0.367 e. The number of piperazine rings is 1. The molecular formula is C22H22ClN5OS. The van der Waals surface area contributed by atoms with Crippen LogP contribution >= 0.6 is 22.9 Å². The number of thiazole rings is 1. The molecule has 0 bridgehead atoms. The predicted octanol–water partition coefficient (Wildman–Crippen LogP) is 4.40. The molecule has 2 aliphatic heterocycles. The molecule has 1 atom stereocenters. The van der Waals surface area contributed by atoms with E-state index in [2.05, 4.69) is 25.1 Å². The van der Waals surface area contributed by atoms with Gasteiger partial charge in [0.1, 0.15) is 5.69 Å². The second kappa shape index (κ2) is 8.34. The van der Waals surface area contributed by atoms with E-state index < -0.39 is 0 Å². The zero-order valence-electron chi connectivity index (χ0n) is 16.4. The molecular weight excluding hydrogens is 418 g/mol. The molecule has 154 valence electrons. The highest BCUT2D eigenvalue weighted by atomic mass is 35.5. The summed E-state index contributed by atoms with van der Waals surface area (Å²) >= 11 is 7.61. The lowest BCUT2D eigenvalue weighted by atomic mass is 10.1. The molecule has 5 rings (SSSR count). The van der Waals surface area contributed by atoms with E-state index in [1.54, 1.807) is 12.3 Å². The van der Waals surface area contributed by atoms with E-state index in [1.807, 2.05) is 35.7 Å². The van der Waals surface area contributed by atoms with Crippen LogP contribution in [-0.2, 0) is 0 Å². The Morgan fingerprint density at radius 3 is 2.90 bits per heavy atom. The quantitative estimate of drug-likeness (QED) is 0.653. The zero-order chi connectivity index (χ0) is 20.5. The molecule has 6 nitrogen and oxygen atoms in total. The third-order valence-electron chi connectivity index (χ3n) is 5.81. The number of rotatable bonds is 4. The fourth-order valence-corrected chi connectivity index (χ4v) is 5.16. The average Bonchev–Trinajstić information content (AvgIpc) is 3.43. The summed E-state index contributed by atoms with van der Waals surface area (Å²) in [5.74, 6) is -0.262. The van der Waals surface area contributed by atoms with Gasteiger partial charge in [-0.25, -0.2) is 9.97 Å². The maximum absolute atomic E-state index is 12.6. The number of nitrogens with zero attached hydrogens (tertiary/aromatic N) is 4. The Balaban J connectivity index is 1.24. The second-order valence-electron chi connectivity index (χ2n) is 7.65. The summed E-state index contributed by atoms with van der Waals surface area (Å²) < 4.78 is 0. The first-order valence-corrected chi connectivity index (χ1v) is 11.4. The van der Waals surface area contributed by atoms with E-state index in [9.17, 15) is 4.79 Å². The van der Waals surface area contributed by atoms with Crippen LogP contribution in [0.25, 0.3) is 11.3 Å². The topological polar surface area (TPSA) is 61.4 Å². The maximum Gasteiger partial charge on any atom is 0.276 e. The molecule has 1 unspecified atom stereocenters. The first-order valence-electron chi connectivity index (χ1n) is 10.1. The number of hydrogen-bond acceptors (Lipinski definition) is 6. The molecule has 1 aromatic carbocycles. The number of carbonyl (C=O) groups is 1. The molecule has 3 aromatic rings. The normalized spacial score (nSPS) is 19.0. The van der Waals surface area contributed by atoms with Gasteiger partial charge >= 0.3 is 0 Å². The van der Waals surface area contributed by atoms with Crippen molar-refractivity contribution in [3.8, 4) is 11.3 Å². The van der Waals surface area contributed by atoms with Gasteiger partial charge in [0.15, 0.2) is 5.13 Å². The molecule has 0 radical (unpaired) electrons. The number of nitrogens with one attached hydrogen (secondary N) is 1. The number of halogens is 1. The molecule has 1 N–H and O–H groups in total. The molecule has 30 heavy (non-hydrogen) atoms. The molecule has 8 heteroatoms. The van der Waals surface area contributed by atoms with Crippen LogP contribution in [0.4, 0.5) is 10.8 Å². The van der Waals surface area contributed by atoms with Crippen LogP contribution in [-0.4, -0.2) is 53.0 Å². The Hall–Kier alpha value is -2.48. The summed E-state index contributed by atoms with van der Waals surface area (Å²) in [7, 11) is 0. The summed E-state index contributed by atoms with van der Waals surface area (Å²) in [6.07, 6.45) is 4.37. The minimum Gasteiger partial charge on any atom is -0.367 e. The Labute approximate surface area is 184 Å². The van der Waals surface area contributed by atoms with Gasteiger partial charge in [0.05, 0.1) is 17.6 Å². The fraction of sp³-hybridized carbons (Fsp3) is 0.318. The number of aromatic nitrogens is 2. The van der Waals surface area contributed by atoms with E-state index in [0.29, 0.717) is 21.9 Å². The van der Waals surface area contributed by atoms with Gasteiger partial charge in [-0.15, -0.1) is 11.3 Å². The SMILES string of the molecule is O=C(Nc1nc(-c2ccccc2Cl)cs1)c1ccc(N2CCN3CCCC3C2)cn1. The number of benzene rings is 1. The summed E-state index contributed by atoms with van der Waals surface area (Å²) in [5.41, 5.74) is 3.05. The Bertz CT molecular complexity index is 1050. The summed E-state index contributed by atoms with van der Waals surface area (Å²) in [6.45, 7) is 4.38. The van der Waals surface area contributed by atoms with Crippen LogP contribution in [0.1, 0.15) is 23.3 Å². The highest BCUT2D eigenvalue weighted by Gasteiger charge is 2.30. The monoisotopic (exact) mass is 439 g/mol. The van der Waals surface area contributed by atoms with Gasteiger partial charge in [-0.05, 0) is 37.6 Å². The van der Waals surface area contributed by atoms with Crippen molar-refractivity contribution in [2.75, 3.05) is 36.4 Å². The molecule has 0 saturated carbocycles. The number of pyridine rings is 1. The Kier molecular flexibility index (Phi) is 5.41. The molecule has 1 amide bonds. The lowest BCUT2D eigenvalue weighted by Gasteiger charge is -2.38. The van der Waals surface area contributed by atoms with Crippen LogP contribution in [0, 0.1) is 0 Å². The molecule has 0 spiro atoms. The van der Waals surface area contributed by atoms with Crippen molar-refractivity contribution in [1.82, 2.24) is 14.9 Å². The molecule has 0 aliphatic carbocycles. The second-order valence-corrected chi connectivity index (χ2v) is 8.92. The van der Waals surface area contributed by atoms with Crippen molar-refractivity contribution in [1.29, 1.82) is 0 Å². The maximum atomic E-state index is 12.6. The van der Waals surface area contributed by atoms with E-state index in [0.717, 1.165) is 36.6 Å².